The van der Waals surface area contributed by atoms with Crippen molar-refractivity contribution in [3.63, 3.8) is 0 Å². The first-order valence-electron chi connectivity index (χ1n) is 5.35. The van der Waals surface area contributed by atoms with Crippen LogP contribution in [0.3, 0.4) is 0 Å². The second-order valence-corrected chi connectivity index (χ2v) is 6.25. The molecule has 0 saturated heterocycles. The molecular weight excluding hydrogens is 299 g/mol. The van der Waals surface area contributed by atoms with E-state index in [0.717, 1.165) is 0 Å². The highest BCUT2D eigenvalue weighted by atomic mass is 35.5. The van der Waals surface area contributed by atoms with Gasteiger partial charge in [0.1, 0.15) is 5.75 Å². The van der Waals surface area contributed by atoms with E-state index >= 15 is 0 Å². The Balaban J connectivity index is 0.00000324. The molecule has 0 heterocycles. The Kier molecular flexibility index (Phi) is 6.05. The molecule has 0 amide bonds. The van der Waals surface area contributed by atoms with Gasteiger partial charge >= 0.3 is 5.51 Å². The minimum Gasteiger partial charge on any atom is -0.508 e. The molecule has 0 aliphatic rings. The van der Waals surface area contributed by atoms with Gasteiger partial charge in [-0.25, -0.2) is 0 Å². The number of phenolic OH excluding ortho intramolecular Hbond substituents is 1. The molecule has 0 spiro atoms. The highest BCUT2D eigenvalue weighted by molar-refractivity contribution is 8.00. The zero-order valence-corrected chi connectivity index (χ0v) is 12.4. The Morgan fingerprint density at radius 2 is 1.74 bits per heavy atom. The second-order valence-electron chi connectivity index (χ2n) is 5.11. The number of benzene rings is 1. The Morgan fingerprint density at radius 3 is 2.16 bits per heavy atom. The van der Waals surface area contributed by atoms with Gasteiger partial charge in [0.15, 0.2) is 0 Å². The highest BCUT2D eigenvalue weighted by Crippen LogP contribution is 2.41. The molecule has 0 bridgehead atoms. The summed E-state index contributed by atoms with van der Waals surface area (Å²) in [5.74, 6) is -0.0797. The van der Waals surface area contributed by atoms with Crippen LogP contribution in [0.1, 0.15) is 32.4 Å². The lowest BCUT2D eigenvalue weighted by atomic mass is 9.83. The van der Waals surface area contributed by atoms with Crippen LogP contribution in [0.2, 0.25) is 0 Å². The molecule has 19 heavy (non-hydrogen) atoms. The van der Waals surface area contributed by atoms with Crippen LogP contribution in [0.5, 0.6) is 5.75 Å². The Morgan fingerprint density at radius 1 is 1.21 bits per heavy atom. The van der Waals surface area contributed by atoms with Gasteiger partial charge in [0.2, 0.25) is 0 Å². The zero-order valence-electron chi connectivity index (χ0n) is 10.8. The maximum Gasteiger partial charge on any atom is 0.446 e. The van der Waals surface area contributed by atoms with Gasteiger partial charge in [0.05, 0.1) is 0 Å². The van der Waals surface area contributed by atoms with Gasteiger partial charge < -0.3 is 10.8 Å². The largest absolute Gasteiger partial charge is 0.508 e. The van der Waals surface area contributed by atoms with E-state index in [1.807, 2.05) is 20.8 Å². The van der Waals surface area contributed by atoms with E-state index in [1.165, 1.54) is 18.2 Å². The molecule has 1 atom stereocenters. The molecule has 110 valence electrons. The van der Waals surface area contributed by atoms with Crippen molar-refractivity contribution in [1.29, 1.82) is 0 Å². The Labute approximate surface area is 121 Å². The number of rotatable bonds is 2. The fraction of sp³-hybridized carbons (Fsp3) is 0.500. The molecule has 0 fully saturated rings. The standard InChI is InChI=1S/C12H16F3NOS.ClH/c1-11(2,3)10(16)8-6-7(4-5-9(8)17)18-12(13,14)15;/h4-6,10,17H,16H2,1-3H3;1H/t10-;/m0./s1. The zero-order chi connectivity index (χ0) is 14.1. The smallest absolute Gasteiger partial charge is 0.446 e. The third kappa shape index (κ3) is 5.50. The molecule has 1 rings (SSSR count). The number of aromatic hydroxyl groups is 1. The summed E-state index contributed by atoms with van der Waals surface area (Å²) in [6, 6.07) is 3.23. The van der Waals surface area contributed by atoms with Crippen LogP contribution >= 0.6 is 24.2 Å². The van der Waals surface area contributed by atoms with E-state index in [2.05, 4.69) is 0 Å². The third-order valence-corrected chi connectivity index (χ3v) is 3.22. The summed E-state index contributed by atoms with van der Waals surface area (Å²) in [7, 11) is 0. The van der Waals surface area contributed by atoms with E-state index in [9.17, 15) is 18.3 Å². The summed E-state index contributed by atoms with van der Waals surface area (Å²) in [6.45, 7) is 5.59. The van der Waals surface area contributed by atoms with Crippen molar-refractivity contribution in [3.05, 3.63) is 23.8 Å². The lowest BCUT2D eigenvalue weighted by Crippen LogP contribution is -2.26. The molecule has 0 aliphatic heterocycles. The van der Waals surface area contributed by atoms with Crippen molar-refractivity contribution in [1.82, 2.24) is 0 Å². The minimum atomic E-state index is -4.35. The van der Waals surface area contributed by atoms with Crippen molar-refractivity contribution in [2.45, 2.75) is 37.2 Å². The van der Waals surface area contributed by atoms with Crippen molar-refractivity contribution in [2.75, 3.05) is 0 Å². The molecule has 3 N–H and O–H groups in total. The first-order valence-corrected chi connectivity index (χ1v) is 6.16. The molecule has 7 heteroatoms. The van der Waals surface area contributed by atoms with Gasteiger partial charge in [0.25, 0.3) is 0 Å². The summed E-state index contributed by atoms with van der Waals surface area (Å²) in [5.41, 5.74) is 1.59. The lowest BCUT2D eigenvalue weighted by Gasteiger charge is -2.28. The predicted molar refractivity (Wildman–Crippen MR) is 73.7 cm³/mol. The maximum atomic E-state index is 12.3. The number of halogens is 4. The second kappa shape index (κ2) is 6.24. The van der Waals surface area contributed by atoms with Crippen molar-refractivity contribution in [2.24, 2.45) is 11.1 Å². The first kappa shape index (κ1) is 18.4. The third-order valence-electron chi connectivity index (χ3n) is 2.50. The van der Waals surface area contributed by atoms with Crippen molar-refractivity contribution >= 4 is 24.2 Å². The van der Waals surface area contributed by atoms with Crippen molar-refractivity contribution < 1.29 is 18.3 Å². The normalized spacial score (nSPS) is 13.8. The summed E-state index contributed by atoms with van der Waals surface area (Å²) in [5, 5.41) is 9.70. The van der Waals surface area contributed by atoms with Gasteiger partial charge in [-0.1, -0.05) is 20.8 Å². The number of hydrogen-bond acceptors (Lipinski definition) is 3. The molecule has 2 nitrogen and oxygen atoms in total. The Bertz CT molecular complexity index is 432. The molecule has 1 aromatic carbocycles. The highest BCUT2D eigenvalue weighted by Gasteiger charge is 2.31. The van der Waals surface area contributed by atoms with Crippen LogP contribution in [-0.2, 0) is 0 Å². The fourth-order valence-electron chi connectivity index (χ4n) is 1.45. The predicted octanol–water partition coefficient (Wildman–Crippen LogP) is 4.47. The average molecular weight is 316 g/mol. The molecular formula is C12H17ClF3NOS. The molecule has 1 aromatic rings. The van der Waals surface area contributed by atoms with E-state index in [0.29, 0.717) is 5.56 Å². The SMILES string of the molecule is CC(C)(C)[C@@H](N)c1cc(SC(F)(F)F)ccc1O.Cl. The number of hydrogen-bond donors (Lipinski definition) is 2. The van der Waals surface area contributed by atoms with Crippen LogP contribution in [-0.4, -0.2) is 10.6 Å². The average Bonchev–Trinajstić information content (AvgIpc) is 2.16. The molecule has 0 aromatic heterocycles. The van der Waals surface area contributed by atoms with Gasteiger partial charge in [-0.05, 0) is 35.4 Å². The number of nitrogens with two attached hydrogens (primary N) is 1. The summed E-state index contributed by atoms with van der Waals surface area (Å²) >= 11 is -0.215. The summed E-state index contributed by atoms with van der Waals surface area (Å²) in [6.07, 6.45) is 0. The number of thioether (sulfide) groups is 1. The molecule has 0 radical (unpaired) electrons. The van der Waals surface area contributed by atoms with Crippen LogP contribution in [0.25, 0.3) is 0 Å². The fourth-order valence-corrected chi connectivity index (χ4v) is 2.03. The minimum absolute atomic E-state index is 0. The van der Waals surface area contributed by atoms with Crippen molar-refractivity contribution in [3.8, 4) is 5.75 Å². The van der Waals surface area contributed by atoms with Crippen LogP contribution < -0.4 is 5.73 Å². The quantitative estimate of drug-likeness (QED) is 0.791. The summed E-state index contributed by atoms with van der Waals surface area (Å²) in [4.78, 5) is 0.0231. The lowest BCUT2D eigenvalue weighted by molar-refractivity contribution is -0.0328. The van der Waals surface area contributed by atoms with E-state index < -0.39 is 11.6 Å². The Hall–Kier alpha value is -0.590. The summed E-state index contributed by atoms with van der Waals surface area (Å²) < 4.78 is 36.8. The monoisotopic (exact) mass is 315 g/mol. The van der Waals surface area contributed by atoms with E-state index in [-0.39, 0.29) is 40.2 Å². The van der Waals surface area contributed by atoms with Gasteiger partial charge in [-0.3, -0.25) is 0 Å². The van der Waals surface area contributed by atoms with Gasteiger partial charge in [-0.15, -0.1) is 12.4 Å². The first-order chi connectivity index (χ1) is 8.00. The van der Waals surface area contributed by atoms with E-state index in [4.69, 9.17) is 5.73 Å². The van der Waals surface area contributed by atoms with Crippen LogP contribution in [0, 0.1) is 5.41 Å². The number of phenols is 1. The number of alkyl halides is 3. The molecule has 0 aliphatic carbocycles. The molecule has 0 saturated carbocycles. The van der Waals surface area contributed by atoms with Crippen LogP contribution in [0.4, 0.5) is 13.2 Å². The molecule has 0 unspecified atom stereocenters. The topological polar surface area (TPSA) is 46.2 Å². The van der Waals surface area contributed by atoms with Gasteiger partial charge in [-0.2, -0.15) is 13.2 Å². The maximum absolute atomic E-state index is 12.3. The van der Waals surface area contributed by atoms with E-state index in [1.54, 1.807) is 0 Å². The van der Waals surface area contributed by atoms with Crippen LogP contribution in [0.15, 0.2) is 23.1 Å². The van der Waals surface area contributed by atoms with Gasteiger partial charge in [0, 0.05) is 16.5 Å².